The Kier molecular flexibility index (Phi) is 4.32. The molecule has 3 N–H and O–H groups in total. The van der Waals surface area contributed by atoms with Gasteiger partial charge in [-0.15, -0.1) is 0 Å². The minimum absolute atomic E-state index is 0.0911. The Morgan fingerprint density at radius 2 is 2.15 bits per heavy atom. The summed E-state index contributed by atoms with van der Waals surface area (Å²) in [4.78, 5) is 26.9. The summed E-state index contributed by atoms with van der Waals surface area (Å²) in [6.45, 7) is 5.64. The van der Waals surface area contributed by atoms with Crippen LogP contribution in [0.1, 0.15) is 52.0 Å². The molecule has 0 aromatic carbocycles. The summed E-state index contributed by atoms with van der Waals surface area (Å²) in [5.41, 5.74) is 9.73. The van der Waals surface area contributed by atoms with E-state index in [2.05, 4.69) is 31.2 Å². The quantitative estimate of drug-likeness (QED) is 0.864. The standard InChI is InChI=1S/C19H24N6O/c1-11-12(2)22-18(17(20)26)24-19(11)25-9-7-14(10-25)23-15-6-5-13-4-3-8-21-16(13)15/h3-4,8,14-15,23H,5-7,9-10H2,1-2H3,(H2,20,26)/t14-,15?/m1/s1. The number of nitrogens with two attached hydrogens (primary N) is 1. The van der Waals surface area contributed by atoms with Gasteiger partial charge < -0.3 is 16.0 Å². The van der Waals surface area contributed by atoms with Gasteiger partial charge in [0.1, 0.15) is 5.82 Å². The molecule has 1 aliphatic heterocycles. The van der Waals surface area contributed by atoms with Crippen molar-refractivity contribution >= 4 is 11.7 Å². The smallest absolute Gasteiger partial charge is 0.286 e. The molecule has 0 spiro atoms. The third-order valence-corrected chi connectivity index (χ3v) is 5.47. The monoisotopic (exact) mass is 352 g/mol. The Hall–Kier alpha value is -2.54. The van der Waals surface area contributed by atoms with Crippen LogP contribution in [-0.4, -0.2) is 40.0 Å². The van der Waals surface area contributed by atoms with Crippen molar-refractivity contribution in [3.05, 3.63) is 46.7 Å². The minimum Gasteiger partial charge on any atom is -0.363 e. The lowest BCUT2D eigenvalue weighted by molar-refractivity contribution is 0.0990. The molecule has 7 nitrogen and oxygen atoms in total. The third-order valence-electron chi connectivity index (χ3n) is 5.47. The van der Waals surface area contributed by atoms with Crippen molar-refractivity contribution in [3.8, 4) is 0 Å². The van der Waals surface area contributed by atoms with Crippen LogP contribution in [0.4, 0.5) is 5.82 Å². The molecule has 1 unspecified atom stereocenters. The van der Waals surface area contributed by atoms with E-state index in [1.165, 1.54) is 11.3 Å². The second-order valence-corrected chi connectivity index (χ2v) is 7.18. The van der Waals surface area contributed by atoms with Gasteiger partial charge in [-0.1, -0.05) is 6.07 Å². The largest absolute Gasteiger partial charge is 0.363 e. The minimum atomic E-state index is -0.586. The predicted molar refractivity (Wildman–Crippen MR) is 99.1 cm³/mol. The van der Waals surface area contributed by atoms with Crippen LogP contribution < -0.4 is 16.0 Å². The van der Waals surface area contributed by atoms with Crippen LogP contribution in [0.2, 0.25) is 0 Å². The molecule has 1 aliphatic carbocycles. The fourth-order valence-electron chi connectivity index (χ4n) is 3.98. The van der Waals surface area contributed by atoms with Crippen molar-refractivity contribution in [2.24, 2.45) is 5.73 Å². The molecule has 1 fully saturated rings. The lowest BCUT2D eigenvalue weighted by atomic mass is 10.1. The maximum absolute atomic E-state index is 11.5. The zero-order valence-electron chi connectivity index (χ0n) is 15.2. The molecule has 4 rings (SSSR count). The molecule has 7 heteroatoms. The van der Waals surface area contributed by atoms with Crippen molar-refractivity contribution < 1.29 is 4.79 Å². The molecule has 1 amide bonds. The van der Waals surface area contributed by atoms with E-state index in [4.69, 9.17) is 5.73 Å². The number of nitrogens with zero attached hydrogens (tertiary/aromatic N) is 4. The summed E-state index contributed by atoms with van der Waals surface area (Å²) in [6.07, 6.45) is 5.09. The van der Waals surface area contributed by atoms with Crippen LogP contribution in [0.25, 0.3) is 0 Å². The lowest BCUT2D eigenvalue weighted by Crippen LogP contribution is -2.35. The summed E-state index contributed by atoms with van der Waals surface area (Å²) < 4.78 is 0. The summed E-state index contributed by atoms with van der Waals surface area (Å²) >= 11 is 0. The Labute approximate surface area is 153 Å². The summed E-state index contributed by atoms with van der Waals surface area (Å²) in [5.74, 6) is 0.325. The topological polar surface area (TPSA) is 97.0 Å². The van der Waals surface area contributed by atoms with E-state index >= 15 is 0 Å². The van der Waals surface area contributed by atoms with Crippen LogP contribution in [0.3, 0.4) is 0 Å². The predicted octanol–water partition coefficient (Wildman–Crippen LogP) is 1.44. The third kappa shape index (κ3) is 3.03. The van der Waals surface area contributed by atoms with Gasteiger partial charge in [0.25, 0.3) is 5.91 Å². The molecule has 136 valence electrons. The lowest BCUT2D eigenvalue weighted by Gasteiger charge is -2.22. The van der Waals surface area contributed by atoms with E-state index in [1.807, 2.05) is 26.1 Å². The first-order valence-corrected chi connectivity index (χ1v) is 9.12. The molecule has 1 saturated heterocycles. The van der Waals surface area contributed by atoms with Crippen molar-refractivity contribution in [1.29, 1.82) is 0 Å². The molecule has 2 aromatic heterocycles. The average molecular weight is 352 g/mol. The molecule has 2 aliphatic rings. The van der Waals surface area contributed by atoms with Gasteiger partial charge in [0.2, 0.25) is 5.82 Å². The number of hydrogen-bond donors (Lipinski definition) is 2. The molecule has 0 bridgehead atoms. The first-order chi connectivity index (χ1) is 12.5. The second kappa shape index (κ2) is 6.64. The number of primary amides is 1. The molecule has 26 heavy (non-hydrogen) atoms. The number of amides is 1. The molecule has 2 atom stereocenters. The zero-order valence-corrected chi connectivity index (χ0v) is 15.2. The fraction of sp³-hybridized carbons (Fsp3) is 0.474. The van der Waals surface area contributed by atoms with Crippen LogP contribution >= 0.6 is 0 Å². The number of hydrogen-bond acceptors (Lipinski definition) is 6. The molecule has 0 saturated carbocycles. The molecule has 3 heterocycles. The maximum Gasteiger partial charge on any atom is 0.286 e. The van der Waals surface area contributed by atoms with Gasteiger partial charge in [0, 0.05) is 36.6 Å². The van der Waals surface area contributed by atoms with Crippen molar-refractivity contribution in [2.45, 2.75) is 45.2 Å². The Morgan fingerprint density at radius 3 is 2.96 bits per heavy atom. The number of nitrogens with one attached hydrogen (secondary N) is 1. The highest BCUT2D eigenvalue weighted by molar-refractivity contribution is 5.89. The highest BCUT2D eigenvalue weighted by Crippen LogP contribution is 2.31. The first kappa shape index (κ1) is 16.9. The molecule has 2 aromatic rings. The summed E-state index contributed by atoms with van der Waals surface area (Å²) in [6, 6.07) is 4.88. The normalized spacial score (nSPS) is 21.8. The molecule has 0 radical (unpaired) electrons. The Morgan fingerprint density at radius 1 is 1.31 bits per heavy atom. The zero-order chi connectivity index (χ0) is 18.3. The molecular weight excluding hydrogens is 328 g/mol. The van der Waals surface area contributed by atoms with Crippen molar-refractivity contribution in [1.82, 2.24) is 20.3 Å². The van der Waals surface area contributed by atoms with Crippen LogP contribution in [0.5, 0.6) is 0 Å². The van der Waals surface area contributed by atoms with Crippen LogP contribution in [-0.2, 0) is 6.42 Å². The Balaban J connectivity index is 1.49. The van der Waals surface area contributed by atoms with Crippen molar-refractivity contribution in [3.63, 3.8) is 0 Å². The van der Waals surface area contributed by atoms with E-state index in [0.717, 1.165) is 49.4 Å². The second-order valence-electron chi connectivity index (χ2n) is 7.18. The van der Waals surface area contributed by atoms with Gasteiger partial charge in [-0.3, -0.25) is 9.78 Å². The number of rotatable bonds is 4. The number of aryl methyl sites for hydroxylation is 2. The van der Waals surface area contributed by atoms with Gasteiger partial charge in [-0.25, -0.2) is 9.97 Å². The SMILES string of the molecule is Cc1nc(C(N)=O)nc(N2CC[C@@H](NC3CCc4cccnc43)C2)c1C. The average Bonchev–Trinajstić information content (AvgIpc) is 3.25. The van der Waals surface area contributed by atoms with Gasteiger partial charge in [-0.2, -0.15) is 0 Å². The van der Waals surface area contributed by atoms with E-state index in [1.54, 1.807) is 0 Å². The van der Waals surface area contributed by atoms with Gasteiger partial charge >= 0.3 is 0 Å². The highest BCUT2D eigenvalue weighted by atomic mass is 16.1. The summed E-state index contributed by atoms with van der Waals surface area (Å²) in [5, 5.41) is 3.77. The van der Waals surface area contributed by atoms with E-state index in [9.17, 15) is 4.79 Å². The van der Waals surface area contributed by atoms with Crippen LogP contribution in [0.15, 0.2) is 18.3 Å². The number of anilines is 1. The number of fused-ring (bicyclic) bond motifs is 1. The summed E-state index contributed by atoms with van der Waals surface area (Å²) in [7, 11) is 0. The van der Waals surface area contributed by atoms with Gasteiger partial charge in [0.05, 0.1) is 11.7 Å². The number of carbonyl (C=O) groups excluding carboxylic acids is 1. The molecular formula is C19H24N6O. The van der Waals surface area contributed by atoms with Crippen molar-refractivity contribution in [2.75, 3.05) is 18.0 Å². The maximum atomic E-state index is 11.5. The van der Waals surface area contributed by atoms with E-state index in [-0.39, 0.29) is 5.82 Å². The Bertz CT molecular complexity index is 852. The van der Waals surface area contributed by atoms with Gasteiger partial charge in [0.15, 0.2) is 0 Å². The number of aromatic nitrogens is 3. The van der Waals surface area contributed by atoms with E-state index in [0.29, 0.717) is 12.1 Å². The van der Waals surface area contributed by atoms with Crippen LogP contribution in [0, 0.1) is 13.8 Å². The number of carbonyl (C=O) groups is 1. The fourth-order valence-corrected chi connectivity index (χ4v) is 3.98. The number of pyridine rings is 1. The first-order valence-electron chi connectivity index (χ1n) is 9.12. The van der Waals surface area contributed by atoms with Gasteiger partial charge in [-0.05, 0) is 44.7 Å². The highest BCUT2D eigenvalue weighted by Gasteiger charge is 2.31. The van der Waals surface area contributed by atoms with E-state index < -0.39 is 5.91 Å².